The van der Waals surface area contributed by atoms with Crippen molar-refractivity contribution in [2.75, 3.05) is 0 Å². The van der Waals surface area contributed by atoms with Gasteiger partial charge in [-0.1, -0.05) is 36.4 Å². The molecule has 0 bridgehead atoms. The van der Waals surface area contributed by atoms with Crippen molar-refractivity contribution < 1.29 is 9.59 Å². The fraction of sp³-hybridized carbons (Fsp3) is 0.294. The summed E-state index contributed by atoms with van der Waals surface area (Å²) in [7, 11) is 0. The van der Waals surface area contributed by atoms with Crippen LogP contribution in [-0.2, 0) is 10.2 Å². The van der Waals surface area contributed by atoms with Gasteiger partial charge in [-0.25, -0.2) is 0 Å². The smallest absolute Gasteiger partial charge is 0.159 e. The molecule has 1 aromatic carbocycles. The maximum atomic E-state index is 12.1. The lowest BCUT2D eigenvalue weighted by Crippen LogP contribution is -2.33. The summed E-state index contributed by atoms with van der Waals surface area (Å²) in [6.07, 6.45) is 4.63. The van der Waals surface area contributed by atoms with Crippen LogP contribution < -0.4 is 0 Å². The topological polar surface area (TPSA) is 34.1 Å². The Morgan fingerprint density at radius 2 is 1.53 bits per heavy atom. The first kappa shape index (κ1) is 15.1. The number of ketones is 2. The Bertz CT molecular complexity index is 484. The maximum Gasteiger partial charge on any atom is 0.159 e. The molecule has 0 aromatic heterocycles. The maximum absolute atomic E-state index is 12.1. The normalized spacial score (nSPS) is 10.8. The van der Waals surface area contributed by atoms with Crippen LogP contribution in [0.3, 0.4) is 0 Å². The highest BCUT2D eigenvalue weighted by Crippen LogP contribution is 2.34. The number of hydrogen-bond donors (Lipinski definition) is 0. The van der Waals surface area contributed by atoms with Gasteiger partial charge in [0.1, 0.15) is 5.78 Å². The van der Waals surface area contributed by atoms with Crippen LogP contribution in [0.5, 0.6) is 0 Å². The van der Waals surface area contributed by atoms with Gasteiger partial charge in [0.05, 0.1) is 5.41 Å². The summed E-state index contributed by atoms with van der Waals surface area (Å²) in [5.41, 5.74) is 0.946. The molecule has 0 heterocycles. The Kier molecular flexibility index (Phi) is 4.99. The van der Waals surface area contributed by atoms with E-state index in [4.69, 9.17) is 0 Å². The van der Waals surface area contributed by atoms with Crippen LogP contribution in [0.2, 0.25) is 0 Å². The highest BCUT2D eigenvalue weighted by molar-refractivity contribution is 5.94. The average Bonchev–Trinajstić information content (AvgIpc) is 2.38. The molecule has 0 aliphatic heterocycles. The SMILES string of the molecule is C=CCC(CC=C)(C(C)=O)c1ccc(C(C)=O)cc1. The zero-order chi connectivity index (χ0) is 14.5. The summed E-state index contributed by atoms with van der Waals surface area (Å²) >= 11 is 0. The predicted octanol–water partition coefficient (Wildman–Crippen LogP) is 3.87. The number of carbonyl (C=O) groups is 2. The van der Waals surface area contributed by atoms with Gasteiger partial charge in [0.2, 0.25) is 0 Å². The Morgan fingerprint density at radius 1 is 1.05 bits per heavy atom. The minimum Gasteiger partial charge on any atom is -0.299 e. The van der Waals surface area contributed by atoms with Crippen LogP contribution in [-0.4, -0.2) is 11.6 Å². The third-order valence-corrected chi connectivity index (χ3v) is 3.50. The molecule has 1 rings (SSSR count). The molecule has 19 heavy (non-hydrogen) atoms. The van der Waals surface area contributed by atoms with Crippen molar-refractivity contribution in [1.82, 2.24) is 0 Å². The molecule has 0 N–H and O–H groups in total. The quantitative estimate of drug-likeness (QED) is 0.548. The summed E-state index contributed by atoms with van der Waals surface area (Å²) in [6, 6.07) is 7.24. The fourth-order valence-corrected chi connectivity index (χ4v) is 2.33. The predicted molar refractivity (Wildman–Crippen MR) is 78.4 cm³/mol. The third-order valence-electron chi connectivity index (χ3n) is 3.50. The van der Waals surface area contributed by atoms with E-state index >= 15 is 0 Å². The van der Waals surface area contributed by atoms with Crippen LogP contribution in [0, 0.1) is 0 Å². The molecule has 0 amide bonds. The molecule has 0 fully saturated rings. The van der Waals surface area contributed by atoms with E-state index in [1.54, 1.807) is 31.2 Å². The zero-order valence-electron chi connectivity index (χ0n) is 11.6. The van der Waals surface area contributed by atoms with Gasteiger partial charge in [-0.15, -0.1) is 13.2 Å². The highest BCUT2D eigenvalue weighted by atomic mass is 16.1. The van der Waals surface area contributed by atoms with Crippen molar-refractivity contribution in [3.05, 3.63) is 60.7 Å². The molecule has 2 heteroatoms. The molecule has 0 spiro atoms. The molecule has 0 aliphatic rings. The minimum atomic E-state index is -0.612. The van der Waals surface area contributed by atoms with Crippen molar-refractivity contribution in [2.45, 2.75) is 32.1 Å². The summed E-state index contributed by atoms with van der Waals surface area (Å²) in [6.45, 7) is 10.6. The van der Waals surface area contributed by atoms with Crippen LogP contribution in [0.25, 0.3) is 0 Å². The van der Waals surface area contributed by atoms with Crippen LogP contribution >= 0.6 is 0 Å². The van der Waals surface area contributed by atoms with Gasteiger partial charge in [0.25, 0.3) is 0 Å². The summed E-state index contributed by atoms with van der Waals surface area (Å²) in [4.78, 5) is 23.4. The number of carbonyl (C=O) groups excluding carboxylic acids is 2. The first-order chi connectivity index (χ1) is 8.97. The molecule has 0 saturated carbocycles. The number of allylic oxidation sites excluding steroid dienone is 2. The standard InChI is InChI=1S/C17H20O2/c1-5-11-17(12-6-2,14(4)19)16-9-7-15(8-10-16)13(3)18/h5-10H,1-2,11-12H2,3-4H3. The molecule has 0 unspecified atom stereocenters. The van der Waals surface area contributed by atoms with E-state index in [-0.39, 0.29) is 11.6 Å². The van der Waals surface area contributed by atoms with E-state index in [1.165, 1.54) is 6.92 Å². The Morgan fingerprint density at radius 3 is 1.84 bits per heavy atom. The fourth-order valence-electron chi connectivity index (χ4n) is 2.33. The second-order valence-corrected chi connectivity index (χ2v) is 4.76. The Labute approximate surface area is 114 Å². The van der Waals surface area contributed by atoms with Gasteiger partial charge in [0, 0.05) is 5.56 Å². The van der Waals surface area contributed by atoms with Crippen molar-refractivity contribution in [3.8, 4) is 0 Å². The average molecular weight is 256 g/mol. The molecule has 100 valence electrons. The highest BCUT2D eigenvalue weighted by Gasteiger charge is 2.34. The van der Waals surface area contributed by atoms with Crippen LogP contribution in [0.1, 0.15) is 42.6 Å². The lowest BCUT2D eigenvalue weighted by Gasteiger charge is -2.30. The van der Waals surface area contributed by atoms with Crippen molar-refractivity contribution in [3.63, 3.8) is 0 Å². The lowest BCUT2D eigenvalue weighted by atomic mass is 9.72. The van der Waals surface area contributed by atoms with Crippen molar-refractivity contribution in [2.24, 2.45) is 0 Å². The summed E-state index contributed by atoms with van der Waals surface area (Å²) < 4.78 is 0. The van der Waals surface area contributed by atoms with Gasteiger partial charge < -0.3 is 0 Å². The molecule has 1 aromatic rings. The van der Waals surface area contributed by atoms with E-state index in [2.05, 4.69) is 13.2 Å². The monoisotopic (exact) mass is 256 g/mol. The molecule has 0 aliphatic carbocycles. The largest absolute Gasteiger partial charge is 0.299 e. The second kappa shape index (κ2) is 6.28. The molecule has 0 saturated heterocycles. The summed E-state index contributed by atoms with van der Waals surface area (Å²) in [5.74, 6) is 0.107. The van der Waals surface area contributed by atoms with Gasteiger partial charge in [-0.3, -0.25) is 9.59 Å². The van der Waals surface area contributed by atoms with Crippen molar-refractivity contribution in [1.29, 1.82) is 0 Å². The lowest BCUT2D eigenvalue weighted by molar-refractivity contribution is -0.122. The van der Waals surface area contributed by atoms with Crippen molar-refractivity contribution >= 4 is 11.6 Å². The first-order valence-electron chi connectivity index (χ1n) is 6.32. The minimum absolute atomic E-state index is 0.0208. The third kappa shape index (κ3) is 3.08. The molecule has 2 nitrogen and oxygen atoms in total. The number of Topliss-reactive ketones (excluding diaryl/α,β-unsaturated/α-hetero) is 2. The second-order valence-electron chi connectivity index (χ2n) is 4.76. The van der Waals surface area contributed by atoms with Crippen LogP contribution in [0.15, 0.2) is 49.6 Å². The van der Waals surface area contributed by atoms with Gasteiger partial charge in [-0.05, 0) is 32.3 Å². The Balaban J connectivity index is 3.30. The van der Waals surface area contributed by atoms with E-state index in [0.717, 1.165) is 5.56 Å². The molecule has 0 atom stereocenters. The van der Waals surface area contributed by atoms with Gasteiger partial charge in [0.15, 0.2) is 5.78 Å². The van der Waals surface area contributed by atoms with Crippen LogP contribution in [0.4, 0.5) is 0 Å². The molecular formula is C17H20O2. The molecular weight excluding hydrogens is 236 g/mol. The van der Waals surface area contributed by atoms with E-state index in [9.17, 15) is 9.59 Å². The number of rotatable bonds is 7. The van der Waals surface area contributed by atoms with E-state index in [1.807, 2.05) is 12.1 Å². The van der Waals surface area contributed by atoms with E-state index < -0.39 is 5.41 Å². The zero-order valence-corrected chi connectivity index (χ0v) is 11.6. The van der Waals surface area contributed by atoms with Gasteiger partial charge in [-0.2, -0.15) is 0 Å². The first-order valence-corrected chi connectivity index (χ1v) is 6.32. The van der Waals surface area contributed by atoms with E-state index in [0.29, 0.717) is 18.4 Å². The number of benzene rings is 1. The molecule has 0 radical (unpaired) electrons. The number of hydrogen-bond acceptors (Lipinski definition) is 2. The Hall–Kier alpha value is -1.96. The van der Waals surface area contributed by atoms with Gasteiger partial charge >= 0.3 is 0 Å². The summed E-state index contributed by atoms with van der Waals surface area (Å²) in [5, 5.41) is 0.